The van der Waals surface area contributed by atoms with E-state index in [1.807, 2.05) is 24.3 Å². The van der Waals surface area contributed by atoms with Crippen LogP contribution in [0.15, 0.2) is 24.3 Å². The molecule has 0 aliphatic rings. The topological polar surface area (TPSA) is 46.1 Å². The van der Waals surface area contributed by atoms with Gasteiger partial charge in [0.15, 0.2) is 0 Å². The first kappa shape index (κ1) is 9.23. The Morgan fingerprint density at radius 1 is 0.833 bits per heavy atom. The van der Waals surface area contributed by atoms with Crippen LogP contribution in [0.2, 0.25) is 0 Å². The van der Waals surface area contributed by atoms with Gasteiger partial charge in [-0.25, -0.2) is 0 Å². The molecule has 0 aliphatic heterocycles. The Morgan fingerprint density at radius 3 is 1.58 bits per heavy atom. The van der Waals surface area contributed by atoms with Gasteiger partial charge in [-0.1, -0.05) is 24.3 Å². The Morgan fingerprint density at radius 2 is 1.25 bits per heavy atom. The Balaban J connectivity index is 2.77. The second-order valence-corrected chi connectivity index (χ2v) is 2.68. The predicted octanol–water partition coefficient (Wildman–Crippen LogP) is -0.508. The molecular formula is C10H12O2-2. The molecule has 2 nitrogen and oxygen atoms in total. The molecule has 2 heteroatoms. The highest BCUT2D eigenvalue weighted by atomic mass is 16.3. The molecule has 0 bridgehead atoms. The molecule has 0 radical (unpaired) electrons. The van der Waals surface area contributed by atoms with E-state index in [1.54, 1.807) is 0 Å². The number of rotatable bonds is 4. The minimum Gasteiger partial charge on any atom is -0.854 e. The molecule has 0 unspecified atom stereocenters. The van der Waals surface area contributed by atoms with E-state index < -0.39 is 0 Å². The van der Waals surface area contributed by atoms with Crippen LogP contribution in [-0.4, -0.2) is 13.2 Å². The van der Waals surface area contributed by atoms with Crippen LogP contribution in [0.5, 0.6) is 0 Å². The zero-order valence-corrected chi connectivity index (χ0v) is 6.95. The summed E-state index contributed by atoms with van der Waals surface area (Å²) in [6, 6.07) is 7.64. The van der Waals surface area contributed by atoms with Crippen LogP contribution in [0.1, 0.15) is 11.1 Å². The highest BCUT2D eigenvalue weighted by Gasteiger charge is 1.95. The van der Waals surface area contributed by atoms with Gasteiger partial charge in [0.1, 0.15) is 0 Å². The molecule has 0 spiro atoms. The molecular weight excluding hydrogens is 152 g/mol. The molecule has 0 N–H and O–H groups in total. The third kappa shape index (κ3) is 2.32. The third-order valence-electron chi connectivity index (χ3n) is 1.86. The van der Waals surface area contributed by atoms with E-state index in [2.05, 4.69) is 0 Å². The smallest absolute Gasteiger partial charge is 0.0430 e. The average Bonchev–Trinajstić information content (AvgIpc) is 2.09. The van der Waals surface area contributed by atoms with Gasteiger partial charge >= 0.3 is 0 Å². The van der Waals surface area contributed by atoms with Gasteiger partial charge in [-0.15, -0.1) is 13.2 Å². The highest BCUT2D eigenvalue weighted by molar-refractivity contribution is 5.27. The summed E-state index contributed by atoms with van der Waals surface area (Å²) >= 11 is 0. The molecule has 0 amide bonds. The van der Waals surface area contributed by atoms with Gasteiger partial charge in [0.2, 0.25) is 0 Å². The summed E-state index contributed by atoms with van der Waals surface area (Å²) in [7, 11) is 0. The largest absolute Gasteiger partial charge is 0.854 e. The molecule has 1 aromatic rings. The molecule has 1 rings (SSSR count). The van der Waals surface area contributed by atoms with Crippen molar-refractivity contribution in [2.75, 3.05) is 13.2 Å². The van der Waals surface area contributed by atoms with Gasteiger partial charge in [-0.2, -0.15) is 0 Å². The summed E-state index contributed by atoms with van der Waals surface area (Å²) in [5.41, 5.74) is 2.06. The van der Waals surface area contributed by atoms with Gasteiger partial charge in [-0.3, -0.25) is 0 Å². The standard InChI is InChI=1S/C10H12O2/c11-7-5-9-3-1-2-4-10(9)6-8-12/h1-4H,5-8H2/q-2. The maximum atomic E-state index is 10.4. The lowest BCUT2D eigenvalue weighted by molar-refractivity contribution is -0.368. The fourth-order valence-electron chi connectivity index (χ4n) is 1.27. The van der Waals surface area contributed by atoms with Crippen LogP contribution in [0.3, 0.4) is 0 Å². The number of benzene rings is 1. The third-order valence-corrected chi connectivity index (χ3v) is 1.86. The minimum atomic E-state index is -0.101. The molecule has 0 fully saturated rings. The Hall–Kier alpha value is -0.860. The van der Waals surface area contributed by atoms with Crippen molar-refractivity contribution in [3.05, 3.63) is 35.4 Å². The van der Waals surface area contributed by atoms with Crippen molar-refractivity contribution >= 4 is 0 Å². The predicted molar refractivity (Wildman–Crippen MR) is 43.6 cm³/mol. The quantitative estimate of drug-likeness (QED) is 0.602. The van der Waals surface area contributed by atoms with Crippen LogP contribution in [0, 0.1) is 0 Å². The summed E-state index contributed by atoms with van der Waals surface area (Å²) in [6.07, 6.45) is 1.08. The summed E-state index contributed by atoms with van der Waals surface area (Å²) in [5, 5.41) is 20.8. The van der Waals surface area contributed by atoms with Crippen molar-refractivity contribution in [1.82, 2.24) is 0 Å². The second-order valence-electron chi connectivity index (χ2n) is 2.68. The normalized spacial score (nSPS) is 10.2. The monoisotopic (exact) mass is 164 g/mol. The number of hydrogen-bond donors (Lipinski definition) is 0. The van der Waals surface area contributed by atoms with E-state index in [9.17, 15) is 10.2 Å². The second kappa shape index (κ2) is 4.91. The highest BCUT2D eigenvalue weighted by Crippen LogP contribution is 2.08. The molecule has 12 heavy (non-hydrogen) atoms. The lowest BCUT2D eigenvalue weighted by Crippen LogP contribution is -2.13. The van der Waals surface area contributed by atoms with Crippen LogP contribution >= 0.6 is 0 Å². The van der Waals surface area contributed by atoms with Gasteiger partial charge < -0.3 is 10.2 Å². The van der Waals surface area contributed by atoms with Crippen molar-refractivity contribution in [3.8, 4) is 0 Å². The van der Waals surface area contributed by atoms with E-state index in [4.69, 9.17) is 0 Å². The van der Waals surface area contributed by atoms with Crippen molar-refractivity contribution < 1.29 is 10.2 Å². The molecule has 0 saturated carbocycles. The summed E-state index contributed by atoms with van der Waals surface area (Å²) in [4.78, 5) is 0. The van der Waals surface area contributed by atoms with E-state index in [0.717, 1.165) is 11.1 Å². The van der Waals surface area contributed by atoms with Crippen LogP contribution in [0.4, 0.5) is 0 Å². The lowest BCUT2D eigenvalue weighted by atomic mass is 10.0. The van der Waals surface area contributed by atoms with E-state index >= 15 is 0 Å². The SMILES string of the molecule is [O-]CCc1ccccc1CC[O-]. The molecule has 1 aromatic carbocycles. The fourth-order valence-corrected chi connectivity index (χ4v) is 1.27. The summed E-state index contributed by atoms with van der Waals surface area (Å²) in [5.74, 6) is 0. The molecule has 0 heterocycles. The van der Waals surface area contributed by atoms with Crippen molar-refractivity contribution in [3.63, 3.8) is 0 Å². The van der Waals surface area contributed by atoms with Gasteiger partial charge in [0.25, 0.3) is 0 Å². The van der Waals surface area contributed by atoms with E-state index in [1.165, 1.54) is 0 Å². The zero-order chi connectivity index (χ0) is 8.81. The minimum absolute atomic E-state index is 0.101. The number of hydrogen-bond acceptors (Lipinski definition) is 2. The fraction of sp³-hybridized carbons (Fsp3) is 0.400. The molecule has 0 aromatic heterocycles. The van der Waals surface area contributed by atoms with Crippen molar-refractivity contribution in [2.24, 2.45) is 0 Å². The van der Waals surface area contributed by atoms with Crippen LogP contribution in [0.25, 0.3) is 0 Å². The van der Waals surface area contributed by atoms with E-state index in [-0.39, 0.29) is 13.2 Å². The van der Waals surface area contributed by atoms with Crippen molar-refractivity contribution in [2.45, 2.75) is 12.8 Å². The lowest BCUT2D eigenvalue weighted by Gasteiger charge is -2.11. The van der Waals surface area contributed by atoms with Crippen LogP contribution in [-0.2, 0) is 12.8 Å². The van der Waals surface area contributed by atoms with Gasteiger partial charge in [-0.05, 0) is 24.0 Å². The van der Waals surface area contributed by atoms with Crippen molar-refractivity contribution in [1.29, 1.82) is 0 Å². The maximum Gasteiger partial charge on any atom is -0.0430 e. The first-order chi connectivity index (χ1) is 5.88. The maximum absolute atomic E-state index is 10.4. The Kier molecular flexibility index (Phi) is 3.77. The Labute approximate surface area is 72.5 Å². The van der Waals surface area contributed by atoms with Gasteiger partial charge in [0, 0.05) is 0 Å². The Bertz CT molecular complexity index is 208. The van der Waals surface area contributed by atoms with E-state index in [0.29, 0.717) is 12.8 Å². The molecule has 66 valence electrons. The summed E-state index contributed by atoms with van der Waals surface area (Å²) < 4.78 is 0. The molecule has 0 aliphatic carbocycles. The first-order valence-electron chi connectivity index (χ1n) is 4.11. The van der Waals surface area contributed by atoms with Crippen LogP contribution < -0.4 is 10.2 Å². The zero-order valence-electron chi connectivity index (χ0n) is 6.95. The molecule has 0 atom stereocenters. The van der Waals surface area contributed by atoms with Gasteiger partial charge in [0.05, 0.1) is 0 Å². The first-order valence-corrected chi connectivity index (χ1v) is 4.11. The molecule has 0 saturated heterocycles. The average molecular weight is 164 g/mol. The summed E-state index contributed by atoms with van der Waals surface area (Å²) in [6.45, 7) is -0.203.